The van der Waals surface area contributed by atoms with Crippen molar-refractivity contribution in [3.8, 4) is 0 Å². The van der Waals surface area contributed by atoms with Crippen molar-refractivity contribution in [1.29, 1.82) is 0 Å². The molecule has 7 nitrogen and oxygen atoms in total. The summed E-state index contributed by atoms with van der Waals surface area (Å²) >= 11 is 0. The fourth-order valence-corrected chi connectivity index (χ4v) is 6.04. The number of nitrogens with zero attached hydrogens (tertiary/aromatic N) is 2. The largest absolute Gasteiger partial charge is 0.353 e. The predicted molar refractivity (Wildman–Crippen MR) is 89.6 cm³/mol. The number of hydrogen-bond acceptors (Lipinski definition) is 4. The number of nitrogens with one attached hydrogen (secondary N) is 1. The SMILES string of the molecule is CC(=O)N1CCC(C(=O)NC2C[C@H]3CC[C@@H](C2)N3S(C)(=O)=O)CC1. The van der Waals surface area contributed by atoms with E-state index in [2.05, 4.69) is 5.32 Å². The summed E-state index contributed by atoms with van der Waals surface area (Å²) in [6.07, 6.45) is 5.90. The van der Waals surface area contributed by atoms with Crippen molar-refractivity contribution < 1.29 is 18.0 Å². The Labute approximate surface area is 143 Å². The van der Waals surface area contributed by atoms with Crippen LogP contribution in [-0.2, 0) is 19.6 Å². The Hall–Kier alpha value is -1.15. The van der Waals surface area contributed by atoms with Gasteiger partial charge in [-0.05, 0) is 38.5 Å². The minimum absolute atomic E-state index is 0.0311. The van der Waals surface area contributed by atoms with Gasteiger partial charge in [0.05, 0.1) is 6.26 Å². The number of sulfonamides is 1. The molecule has 0 aliphatic carbocycles. The predicted octanol–water partition coefficient (Wildman–Crippen LogP) is 0.316. The van der Waals surface area contributed by atoms with Gasteiger partial charge in [0, 0.05) is 44.1 Å². The molecule has 0 saturated carbocycles. The van der Waals surface area contributed by atoms with Crippen LogP contribution in [-0.4, -0.2) is 66.9 Å². The smallest absolute Gasteiger partial charge is 0.223 e. The number of rotatable bonds is 3. The average Bonchev–Trinajstić information content (AvgIpc) is 2.80. The number of fused-ring (bicyclic) bond motifs is 2. The topological polar surface area (TPSA) is 86.8 Å². The molecule has 2 amide bonds. The second kappa shape index (κ2) is 6.63. The molecule has 3 aliphatic heterocycles. The lowest BCUT2D eigenvalue weighted by Gasteiger charge is -2.38. The lowest BCUT2D eigenvalue weighted by molar-refractivity contribution is -0.134. The number of amides is 2. The molecule has 3 aliphatic rings. The second-order valence-corrected chi connectivity index (χ2v) is 9.32. The summed E-state index contributed by atoms with van der Waals surface area (Å²) in [6.45, 7) is 2.85. The number of carbonyl (C=O) groups excluding carboxylic acids is 2. The molecule has 8 heteroatoms. The van der Waals surface area contributed by atoms with Crippen LogP contribution in [0.5, 0.6) is 0 Å². The molecule has 1 unspecified atom stereocenters. The molecular weight excluding hydrogens is 330 g/mol. The summed E-state index contributed by atoms with van der Waals surface area (Å²) in [5, 5.41) is 3.14. The average molecular weight is 357 g/mol. The maximum atomic E-state index is 12.5. The van der Waals surface area contributed by atoms with E-state index < -0.39 is 10.0 Å². The fourth-order valence-electron chi connectivity index (χ4n) is 4.57. The fraction of sp³-hybridized carbons (Fsp3) is 0.875. The Kier molecular flexibility index (Phi) is 4.88. The van der Waals surface area contributed by atoms with Gasteiger partial charge in [0.15, 0.2) is 0 Å². The molecule has 0 radical (unpaired) electrons. The summed E-state index contributed by atoms with van der Waals surface area (Å²) < 4.78 is 25.5. The summed E-state index contributed by atoms with van der Waals surface area (Å²) in [5.41, 5.74) is 0. The van der Waals surface area contributed by atoms with Gasteiger partial charge in [0.1, 0.15) is 0 Å². The van der Waals surface area contributed by atoms with Crippen LogP contribution in [0.4, 0.5) is 0 Å². The van der Waals surface area contributed by atoms with E-state index in [1.54, 1.807) is 16.1 Å². The molecular formula is C16H27N3O4S. The monoisotopic (exact) mass is 357 g/mol. The maximum Gasteiger partial charge on any atom is 0.223 e. The van der Waals surface area contributed by atoms with Gasteiger partial charge in [-0.25, -0.2) is 8.42 Å². The van der Waals surface area contributed by atoms with E-state index in [1.165, 1.54) is 6.26 Å². The minimum atomic E-state index is -3.17. The first-order chi connectivity index (χ1) is 11.3. The van der Waals surface area contributed by atoms with E-state index in [9.17, 15) is 18.0 Å². The van der Waals surface area contributed by atoms with Gasteiger partial charge in [-0.3, -0.25) is 9.59 Å². The standard InChI is InChI=1S/C16H27N3O4S/c1-11(20)18-7-5-12(6-8-18)16(21)17-13-9-14-3-4-15(10-13)19(14)24(2,22)23/h12-15H,3-10H2,1-2H3,(H,17,21)/t13?,14-,15+. The molecule has 0 aromatic rings. The summed E-state index contributed by atoms with van der Waals surface area (Å²) in [5.74, 6) is 0.0974. The Bertz CT molecular complexity index is 599. The highest BCUT2D eigenvalue weighted by Gasteiger charge is 2.45. The van der Waals surface area contributed by atoms with E-state index in [4.69, 9.17) is 0 Å². The molecule has 3 atom stereocenters. The summed E-state index contributed by atoms with van der Waals surface area (Å²) in [7, 11) is -3.17. The normalized spacial score (nSPS) is 31.9. The quantitative estimate of drug-likeness (QED) is 0.788. The summed E-state index contributed by atoms with van der Waals surface area (Å²) in [4.78, 5) is 25.6. The van der Waals surface area contributed by atoms with E-state index in [1.807, 2.05) is 0 Å². The molecule has 3 rings (SSSR count). The van der Waals surface area contributed by atoms with Gasteiger partial charge in [0.25, 0.3) is 0 Å². The Morgan fingerprint density at radius 2 is 1.54 bits per heavy atom. The third kappa shape index (κ3) is 3.59. The van der Waals surface area contributed by atoms with Crippen molar-refractivity contribution in [2.45, 2.75) is 63.6 Å². The Morgan fingerprint density at radius 3 is 2.00 bits per heavy atom. The zero-order valence-electron chi connectivity index (χ0n) is 14.4. The van der Waals surface area contributed by atoms with Crippen LogP contribution in [0.15, 0.2) is 0 Å². The van der Waals surface area contributed by atoms with Gasteiger partial charge in [-0.15, -0.1) is 0 Å². The van der Waals surface area contributed by atoms with Crippen molar-refractivity contribution in [1.82, 2.24) is 14.5 Å². The molecule has 0 aromatic heterocycles. The number of hydrogen-bond donors (Lipinski definition) is 1. The molecule has 0 spiro atoms. The first kappa shape index (κ1) is 17.7. The van der Waals surface area contributed by atoms with Crippen LogP contribution >= 0.6 is 0 Å². The highest BCUT2D eigenvalue weighted by atomic mass is 32.2. The first-order valence-electron chi connectivity index (χ1n) is 8.80. The second-order valence-electron chi connectivity index (χ2n) is 7.44. The molecule has 1 N–H and O–H groups in total. The lowest BCUT2D eigenvalue weighted by Crippen LogP contribution is -2.53. The lowest BCUT2D eigenvalue weighted by atomic mass is 9.93. The van der Waals surface area contributed by atoms with Gasteiger partial charge in [-0.1, -0.05) is 0 Å². The zero-order chi connectivity index (χ0) is 17.5. The van der Waals surface area contributed by atoms with Crippen molar-refractivity contribution in [2.75, 3.05) is 19.3 Å². The van der Waals surface area contributed by atoms with Crippen LogP contribution in [0.25, 0.3) is 0 Å². The molecule has 0 aromatic carbocycles. The van der Waals surface area contributed by atoms with Gasteiger partial charge >= 0.3 is 0 Å². The molecule has 3 fully saturated rings. The van der Waals surface area contributed by atoms with E-state index in [0.29, 0.717) is 38.8 Å². The third-order valence-electron chi connectivity index (χ3n) is 5.71. The zero-order valence-corrected chi connectivity index (χ0v) is 15.2. The van der Waals surface area contributed by atoms with Crippen molar-refractivity contribution in [3.05, 3.63) is 0 Å². The van der Waals surface area contributed by atoms with Crippen molar-refractivity contribution in [3.63, 3.8) is 0 Å². The van der Waals surface area contributed by atoms with Crippen LogP contribution in [0.2, 0.25) is 0 Å². The molecule has 2 bridgehead atoms. The highest BCUT2D eigenvalue weighted by molar-refractivity contribution is 7.88. The Morgan fingerprint density at radius 1 is 1.00 bits per heavy atom. The van der Waals surface area contributed by atoms with Crippen LogP contribution in [0.1, 0.15) is 45.4 Å². The van der Waals surface area contributed by atoms with Gasteiger partial charge in [-0.2, -0.15) is 4.31 Å². The molecule has 3 saturated heterocycles. The van der Waals surface area contributed by atoms with E-state index in [-0.39, 0.29) is 35.9 Å². The van der Waals surface area contributed by atoms with Gasteiger partial charge < -0.3 is 10.2 Å². The molecule has 3 heterocycles. The van der Waals surface area contributed by atoms with E-state index in [0.717, 1.165) is 12.8 Å². The number of piperidine rings is 2. The summed E-state index contributed by atoms with van der Waals surface area (Å²) in [6, 6.07) is 0.131. The number of carbonyl (C=O) groups is 2. The third-order valence-corrected chi connectivity index (χ3v) is 7.07. The first-order valence-corrected chi connectivity index (χ1v) is 10.6. The van der Waals surface area contributed by atoms with E-state index >= 15 is 0 Å². The van der Waals surface area contributed by atoms with Crippen molar-refractivity contribution >= 4 is 21.8 Å². The van der Waals surface area contributed by atoms with Crippen LogP contribution in [0, 0.1) is 5.92 Å². The Balaban J connectivity index is 1.53. The minimum Gasteiger partial charge on any atom is -0.353 e. The highest BCUT2D eigenvalue weighted by Crippen LogP contribution is 2.37. The van der Waals surface area contributed by atoms with Crippen LogP contribution < -0.4 is 5.32 Å². The van der Waals surface area contributed by atoms with Crippen LogP contribution in [0.3, 0.4) is 0 Å². The molecule has 24 heavy (non-hydrogen) atoms. The number of likely N-dealkylation sites (tertiary alicyclic amines) is 1. The van der Waals surface area contributed by atoms with Crippen molar-refractivity contribution in [2.24, 2.45) is 5.92 Å². The van der Waals surface area contributed by atoms with Gasteiger partial charge in [0.2, 0.25) is 21.8 Å². The maximum absolute atomic E-state index is 12.5. The molecule has 136 valence electrons.